The minimum Gasteiger partial charge on any atom is -0.494 e. The Bertz CT molecular complexity index is 599. The first-order chi connectivity index (χ1) is 11.2. The molecule has 23 heavy (non-hydrogen) atoms. The molecule has 124 valence electrons. The molecule has 0 amide bonds. The third-order valence-corrected chi connectivity index (χ3v) is 4.17. The molecule has 2 rings (SSSR count). The van der Waals surface area contributed by atoms with Gasteiger partial charge in [0, 0.05) is 11.6 Å². The first kappa shape index (κ1) is 18.0. The van der Waals surface area contributed by atoms with Crippen LogP contribution >= 0.6 is 23.2 Å². The largest absolute Gasteiger partial charge is 0.494 e. The molecule has 0 aliphatic carbocycles. The molecule has 4 heteroatoms. The number of nitrogens with one attached hydrogen (secondary N) is 1. The lowest BCUT2D eigenvalue weighted by Gasteiger charge is -2.10. The van der Waals surface area contributed by atoms with Crippen molar-refractivity contribution < 1.29 is 4.74 Å². The van der Waals surface area contributed by atoms with E-state index in [1.807, 2.05) is 18.2 Å². The SMILES string of the molecule is CCCCCCOc1ccc(CNc2cc(Cl)ccc2Cl)cc1. The Morgan fingerprint density at radius 1 is 0.957 bits per heavy atom. The van der Waals surface area contributed by atoms with Crippen molar-refractivity contribution in [1.29, 1.82) is 0 Å². The second-order valence-electron chi connectivity index (χ2n) is 5.53. The minimum atomic E-state index is 0.668. The van der Waals surface area contributed by atoms with Crippen LogP contribution in [0.2, 0.25) is 10.0 Å². The molecule has 2 nitrogen and oxygen atoms in total. The van der Waals surface area contributed by atoms with E-state index in [0.717, 1.165) is 24.5 Å². The predicted molar refractivity (Wildman–Crippen MR) is 99.9 cm³/mol. The Morgan fingerprint density at radius 3 is 2.48 bits per heavy atom. The van der Waals surface area contributed by atoms with E-state index in [9.17, 15) is 0 Å². The number of hydrogen-bond donors (Lipinski definition) is 1. The molecule has 0 bridgehead atoms. The van der Waals surface area contributed by atoms with Crippen molar-refractivity contribution in [3.8, 4) is 5.75 Å². The standard InChI is InChI=1S/C19H23Cl2NO/c1-2-3-4-5-12-23-17-9-6-15(7-10-17)14-22-19-13-16(20)8-11-18(19)21/h6-11,13,22H,2-5,12,14H2,1H3. The fraction of sp³-hybridized carbons (Fsp3) is 0.368. The zero-order valence-electron chi connectivity index (χ0n) is 13.4. The number of hydrogen-bond acceptors (Lipinski definition) is 2. The lowest BCUT2D eigenvalue weighted by molar-refractivity contribution is 0.305. The van der Waals surface area contributed by atoms with Crippen molar-refractivity contribution in [2.24, 2.45) is 0 Å². The summed E-state index contributed by atoms with van der Waals surface area (Å²) in [5, 5.41) is 4.64. The molecule has 0 unspecified atom stereocenters. The van der Waals surface area contributed by atoms with Gasteiger partial charge in [-0.15, -0.1) is 0 Å². The molecule has 0 aliphatic rings. The second-order valence-corrected chi connectivity index (χ2v) is 6.37. The highest BCUT2D eigenvalue weighted by molar-refractivity contribution is 6.35. The molecule has 2 aromatic rings. The van der Waals surface area contributed by atoms with E-state index in [-0.39, 0.29) is 0 Å². The Kier molecular flexibility index (Phi) is 7.57. The molecule has 0 fully saturated rings. The summed E-state index contributed by atoms with van der Waals surface area (Å²) in [5.74, 6) is 0.922. The zero-order valence-corrected chi connectivity index (χ0v) is 15.0. The van der Waals surface area contributed by atoms with Crippen LogP contribution < -0.4 is 10.1 Å². The van der Waals surface area contributed by atoms with Gasteiger partial charge < -0.3 is 10.1 Å². The van der Waals surface area contributed by atoms with Gasteiger partial charge in [0.1, 0.15) is 5.75 Å². The number of ether oxygens (including phenoxy) is 1. The summed E-state index contributed by atoms with van der Waals surface area (Å²) in [7, 11) is 0. The van der Waals surface area contributed by atoms with Gasteiger partial charge in [0.2, 0.25) is 0 Å². The minimum absolute atomic E-state index is 0.668. The average Bonchev–Trinajstić information content (AvgIpc) is 2.56. The fourth-order valence-corrected chi connectivity index (χ4v) is 2.61. The molecule has 0 saturated carbocycles. The van der Waals surface area contributed by atoms with Crippen molar-refractivity contribution in [2.45, 2.75) is 39.2 Å². The molecule has 0 aromatic heterocycles. The summed E-state index contributed by atoms with van der Waals surface area (Å²) >= 11 is 12.1. The van der Waals surface area contributed by atoms with Crippen LogP contribution in [0.25, 0.3) is 0 Å². The van der Waals surface area contributed by atoms with Crippen LogP contribution in [0.3, 0.4) is 0 Å². The Labute approximate surface area is 148 Å². The average molecular weight is 352 g/mol. The molecule has 0 aliphatic heterocycles. The van der Waals surface area contributed by atoms with Gasteiger partial charge in [0.05, 0.1) is 17.3 Å². The topological polar surface area (TPSA) is 21.3 Å². The summed E-state index contributed by atoms with van der Waals surface area (Å²) < 4.78 is 5.75. The number of halogens is 2. The van der Waals surface area contributed by atoms with Gasteiger partial charge >= 0.3 is 0 Å². The van der Waals surface area contributed by atoms with Gasteiger partial charge in [-0.05, 0) is 42.3 Å². The molecule has 0 atom stereocenters. The normalized spacial score (nSPS) is 10.6. The van der Waals surface area contributed by atoms with Crippen molar-refractivity contribution in [3.05, 3.63) is 58.1 Å². The number of anilines is 1. The highest BCUT2D eigenvalue weighted by atomic mass is 35.5. The maximum Gasteiger partial charge on any atom is 0.119 e. The van der Waals surface area contributed by atoms with E-state index in [1.165, 1.54) is 24.8 Å². The highest BCUT2D eigenvalue weighted by Gasteiger charge is 2.02. The first-order valence-corrected chi connectivity index (χ1v) is 8.85. The van der Waals surface area contributed by atoms with Crippen molar-refractivity contribution >= 4 is 28.9 Å². The van der Waals surface area contributed by atoms with Crippen LogP contribution in [0, 0.1) is 0 Å². The maximum absolute atomic E-state index is 6.14. The van der Waals surface area contributed by atoms with E-state index >= 15 is 0 Å². The van der Waals surface area contributed by atoms with E-state index in [2.05, 4.69) is 24.4 Å². The Balaban J connectivity index is 1.79. The maximum atomic E-state index is 6.14. The lowest BCUT2D eigenvalue weighted by Crippen LogP contribution is -2.01. The van der Waals surface area contributed by atoms with E-state index in [4.69, 9.17) is 27.9 Å². The molecular weight excluding hydrogens is 329 g/mol. The van der Waals surface area contributed by atoms with Gasteiger partial charge in [-0.25, -0.2) is 0 Å². The predicted octanol–water partition coefficient (Wildman–Crippen LogP) is 6.56. The third kappa shape index (κ3) is 6.32. The van der Waals surface area contributed by atoms with Gasteiger partial charge in [-0.1, -0.05) is 61.5 Å². The van der Waals surface area contributed by atoms with E-state index in [0.29, 0.717) is 16.6 Å². The Morgan fingerprint density at radius 2 is 1.74 bits per heavy atom. The Hall–Kier alpha value is -1.38. The summed E-state index contributed by atoms with van der Waals surface area (Å²) in [6.07, 6.45) is 4.88. The smallest absolute Gasteiger partial charge is 0.119 e. The highest BCUT2D eigenvalue weighted by Crippen LogP contribution is 2.26. The summed E-state index contributed by atoms with van der Waals surface area (Å²) in [4.78, 5) is 0. The van der Waals surface area contributed by atoms with E-state index in [1.54, 1.807) is 12.1 Å². The third-order valence-electron chi connectivity index (χ3n) is 3.60. The van der Waals surface area contributed by atoms with Crippen LogP contribution in [-0.4, -0.2) is 6.61 Å². The van der Waals surface area contributed by atoms with Crippen molar-refractivity contribution in [2.75, 3.05) is 11.9 Å². The summed E-state index contributed by atoms with van der Waals surface area (Å²) in [5.41, 5.74) is 2.01. The fourth-order valence-electron chi connectivity index (χ4n) is 2.25. The monoisotopic (exact) mass is 351 g/mol. The number of rotatable bonds is 9. The molecule has 2 aromatic carbocycles. The van der Waals surface area contributed by atoms with Crippen molar-refractivity contribution in [3.63, 3.8) is 0 Å². The van der Waals surface area contributed by atoms with Crippen LogP contribution in [0.4, 0.5) is 5.69 Å². The molecule has 0 radical (unpaired) electrons. The number of unbranched alkanes of at least 4 members (excludes halogenated alkanes) is 3. The number of benzene rings is 2. The molecular formula is C19H23Cl2NO. The first-order valence-electron chi connectivity index (χ1n) is 8.09. The van der Waals surface area contributed by atoms with Crippen LogP contribution in [-0.2, 0) is 6.54 Å². The van der Waals surface area contributed by atoms with Gasteiger partial charge in [0.25, 0.3) is 0 Å². The second kappa shape index (κ2) is 9.69. The van der Waals surface area contributed by atoms with Crippen LogP contribution in [0.1, 0.15) is 38.2 Å². The quantitative estimate of drug-likeness (QED) is 0.516. The van der Waals surface area contributed by atoms with Gasteiger partial charge in [0.15, 0.2) is 0 Å². The molecule has 0 heterocycles. The summed E-state index contributed by atoms with van der Waals surface area (Å²) in [6, 6.07) is 13.5. The van der Waals surface area contributed by atoms with Gasteiger partial charge in [-0.2, -0.15) is 0 Å². The molecule has 0 saturated heterocycles. The lowest BCUT2D eigenvalue weighted by atomic mass is 10.2. The van der Waals surface area contributed by atoms with Crippen LogP contribution in [0.5, 0.6) is 5.75 Å². The van der Waals surface area contributed by atoms with Crippen molar-refractivity contribution in [1.82, 2.24) is 0 Å². The molecule has 1 N–H and O–H groups in total. The summed E-state index contributed by atoms with van der Waals surface area (Å²) in [6.45, 7) is 3.69. The molecule has 0 spiro atoms. The van der Waals surface area contributed by atoms with Gasteiger partial charge in [-0.3, -0.25) is 0 Å². The van der Waals surface area contributed by atoms with E-state index < -0.39 is 0 Å². The zero-order chi connectivity index (χ0) is 16.5. The van der Waals surface area contributed by atoms with Crippen LogP contribution in [0.15, 0.2) is 42.5 Å².